The van der Waals surface area contributed by atoms with E-state index < -0.39 is 0 Å². The van der Waals surface area contributed by atoms with E-state index in [9.17, 15) is 9.59 Å². The highest BCUT2D eigenvalue weighted by Gasteiger charge is 2.30. The molecule has 4 heterocycles. The molecule has 39 heavy (non-hydrogen) atoms. The largest absolute Gasteiger partial charge is 0.339 e. The molecule has 1 aromatic heterocycles. The fourth-order valence-corrected chi connectivity index (χ4v) is 5.99. The van der Waals surface area contributed by atoms with Gasteiger partial charge in [-0.3, -0.25) is 9.59 Å². The number of carbonyl (C=O) groups excluding carboxylic acids is 2. The molecular formula is C30H35N7O2. The van der Waals surface area contributed by atoms with Crippen molar-refractivity contribution in [3.63, 3.8) is 0 Å². The topological polar surface area (TPSA) is 84.9 Å². The molecular weight excluding hydrogens is 490 g/mol. The van der Waals surface area contributed by atoms with Crippen molar-refractivity contribution in [2.24, 2.45) is 0 Å². The molecule has 0 unspecified atom stereocenters. The van der Waals surface area contributed by atoms with Crippen LogP contribution in [0.3, 0.4) is 0 Å². The number of hydrogen-bond donors (Lipinski definition) is 1. The third-order valence-electron chi connectivity index (χ3n) is 8.28. The van der Waals surface area contributed by atoms with Gasteiger partial charge < -0.3 is 24.9 Å². The summed E-state index contributed by atoms with van der Waals surface area (Å²) in [5.74, 6) is 1.04. The maximum absolute atomic E-state index is 13.2. The van der Waals surface area contributed by atoms with E-state index in [4.69, 9.17) is 4.98 Å². The number of carbonyl (C=O) groups is 2. The quantitative estimate of drug-likeness (QED) is 0.530. The standard InChI is InChI=1S/C30H35N7O2/c1-34-25-9-5-4-8-24(25)29(39)35(2)26-20-31-30(33-27(26)34)32-22-12-10-21(11-13-22)28(38)37-18-14-23(15-19-37)36-16-6-3-7-17-36/h4-5,8-13,20,23H,3,6-7,14-19H2,1-2H3,(H,31,32,33). The molecule has 2 amide bonds. The Bertz CT molecular complexity index is 1360. The summed E-state index contributed by atoms with van der Waals surface area (Å²) in [6.45, 7) is 4.05. The van der Waals surface area contributed by atoms with Crippen LogP contribution in [0.25, 0.3) is 0 Å². The van der Waals surface area contributed by atoms with E-state index in [1.165, 1.54) is 32.4 Å². The molecule has 9 heteroatoms. The van der Waals surface area contributed by atoms with Crippen molar-refractivity contribution in [1.29, 1.82) is 0 Å². The molecule has 2 fully saturated rings. The molecule has 0 radical (unpaired) electrons. The molecule has 9 nitrogen and oxygen atoms in total. The van der Waals surface area contributed by atoms with E-state index in [0.29, 0.717) is 34.6 Å². The fourth-order valence-electron chi connectivity index (χ4n) is 5.99. The first-order valence-corrected chi connectivity index (χ1v) is 13.9. The van der Waals surface area contributed by atoms with Gasteiger partial charge in [0.1, 0.15) is 5.69 Å². The zero-order valence-electron chi connectivity index (χ0n) is 22.6. The number of nitrogens with zero attached hydrogens (tertiary/aromatic N) is 6. The van der Waals surface area contributed by atoms with Gasteiger partial charge in [-0.1, -0.05) is 18.6 Å². The third-order valence-corrected chi connectivity index (χ3v) is 8.28. The van der Waals surface area contributed by atoms with Gasteiger partial charge in [0.25, 0.3) is 11.8 Å². The molecule has 3 aliphatic heterocycles. The van der Waals surface area contributed by atoms with Crippen LogP contribution in [0.15, 0.2) is 54.7 Å². The Morgan fingerprint density at radius 3 is 2.33 bits per heavy atom. The first kappa shape index (κ1) is 25.3. The maximum Gasteiger partial charge on any atom is 0.260 e. The molecule has 2 aromatic carbocycles. The van der Waals surface area contributed by atoms with Crippen LogP contribution in [0.2, 0.25) is 0 Å². The second kappa shape index (κ2) is 10.6. The monoisotopic (exact) mass is 525 g/mol. The van der Waals surface area contributed by atoms with Gasteiger partial charge in [0, 0.05) is 44.5 Å². The van der Waals surface area contributed by atoms with E-state index in [0.717, 1.165) is 37.3 Å². The van der Waals surface area contributed by atoms with E-state index >= 15 is 0 Å². The lowest BCUT2D eigenvalue weighted by Crippen LogP contribution is -2.48. The first-order valence-electron chi connectivity index (χ1n) is 13.9. The number of anilines is 5. The number of aromatic nitrogens is 2. The van der Waals surface area contributed by atoms with Gasteiger partial charge in [0.2, 0.25) is 5.95 Å². The van der Waals surface area contributed by atoms with Crippen molar-refractivity contribution in [1.82, 2.24) is 19.8 Å². The molecule has 0 aliphatic carbocycles. The number of likely N-dealkylation sites (tertiary alicyclic amines) is 2. The van der Waals surface area contributed by atoms with Crippen LogP contribution >= 0.6 is 0 Å². The Morgan fingerprint density at radius 2 is 1.59 bits per heavy atom. The number of fused-ring (bicyclic) bond motifs is 2. The summed E-state index contributed by atoms with van der Waals surface area (Å²) < 4.78 is 0. The van der Waals surface area contributed by atoms with Crippen LogP contribution in [-0.2, 0) is 0 Å². The highest BCUT2D eigenvalue weighted by molar-refractivity contribution is 6.13. The van der Waals surface area contributed by atoms with E-state index in [2.05, 4.69) is 15.2 Å². The maximum atomic E-state index is 13.2. The second-order valence-corrected chi connectivity index (χ2v) is 10.7. The van der Waals surface area contributed by atoms with Crippen molar-refractivity contribution in [2.75, 3.05) is 55.4 Å². The predicted molar refractivity (Wildman–Crippen MR) is 153 cm³/mol. The van der Waals surface area contributed by atoms with Gasteiger partial charge in [-0.2, -0.15) is 4.98 Å². The Labute approximate surface area is 229 Å². The van der Waals surface area contributed by atoms with E-state index in [-0.39, 0.29) is 11.8 Å². The van der Waals surface area contributed by atoms with Crippen LogP contribution in [0.4, 0.5) is 28.8 Å². The molecule has 3 aliphatic rings. The lowest BCUT2D eigenvalue weighted by Gasteiger charge is -2.40. The molecule has 0 spiro atoms. The first-order chi connectivity index (χ1) is 19.0. The van der Waals surface area contributed by atoms with Gasteiger partial charge in [0.15, 0.2) is 5.82 Å². The van der Waals surface area contributed by atoms with Crippen molar-refractivity contribution in [2.45, 2.75) is 38.1 Å². The average Bonchev–Trinajstić information content (AvgIpc) is 3.07. The summed E-state index contributed by atoms with van der Waals surface area (Å²) in [6, 6.07) is 15.6. The number of rotatable bonds is 4. The van der Waals surface area contributed by atoms with E-state index in [1.54, 1.807) is 18.1 Å². The van der Waals surface area contributed by atoms with Crippen molar-refractivity contribution >= 4 is 40.6 Å². The molecule has 0 bridgehead atoms. The molecule has 2 saturated heterocycles. The van der Waals surface area contributed by atoms with E-state index in [1.807, 2.05) is 65.4 Å². The van der Waals surface area contributed by atoms with Crippen LogP contribution < -0.4 is 15.1 Å². The number of benzene rings is 2. The van der Waals surface area contributed by atoms with Crippen LogP contribution in [0.1, 0.15) is 52.8 Å². The van der Waals surface area contributed by atoms with Gasteiger partial charge in [-0.15, -0.1) is 0 Å². The third kappa shape index (κ3) is 4.94. The summed E-state index contributed by atoms with van der Waals surface area (Å²) in [6.07, 6.45) is 7.73. The average molecular weight is 526 g/mol. The van der Waals surface area contributed by atoms with Gasteiger partial charge >= 0.3 is 0 Å². The molecule has 0 saturated carbocycles. The molecule has 3 aromatic rings. The molecule has 1 N–H and O–H groups in total. The minimum atomic E-state index is -0.100. The number of amides is 2. The molecule has 202 valence electrons. The summed E-state index contributed by atoms with van der Waals surface area (Å²) in [7, 11) is 3.64. The van der Waals surface area contributed by atoms with Crippen LogP contribution in [0, 0.1) is 0 Å². The summed E-state index contributed by atoms with van der Waals surface area (Å²) >= 11 is 0. The Morgan fingerprint density at radius 1 is 0.872 bits per heavy atom. The highest BCUT2D eigenvalue weighted by Crippen LogP contribution is 2.38. The normalized spacial score (nSPS) is 18.4. The zero-order chi connectivity index (χ0) is 26.9. The van der Waals surface area contributed by atoms with Crippen molar-refractivity contribution in [3.05, 3.63) is 65.9 Å². The molecule has 0 atom stereocenters. The summed E-state index contributed by atoms with van der Waals surface area (Å²) in [5.41, 5.74) is 3.52. The fraction of sp³-hybridized carbons (Fsp3) is 0.400. The minimum absolute atomic E-state index is 0.0907. The van der Waals surface area contributed by atoms with Crippen LogP contribution in [0.5, 0.6) is 0 Å². The SMILES string of the molecule is CN1C(=O)c2ccccc2N(C)c2nc(Nc3ccc(C(=O)N4CCC(N5CCCCC5)CC4)cc3)ncc21. The number of para-hydroxylation sites is 1. The Hall–Kier alpha value is -3.98. The summed E-state index contributed by atoms with van der Waals surface area (Å²) in [4.78, 5) is 43.5. The number of piperidine rings is 2. The minimum Gasteiger partial charge on any atom is -0.339 e. The Kier molecular flexibility index (Phi) is 6.91. The highest BCUT2D eigenvalue weighted by atomic mass is 16.2. The predicted octanol–water partition coefficient (Wildman–Crippen LogP) is 4.67. The number of nitrogens with one attached hydrogen (secondary N) is 1. The van der Waals surface area contributed by atoms with Crippen molar-refractivity contribution in [3.8, 4) is 0 Å². The lowest BCUT2D eigenvalue weighted by atomic mass is 9.99. The smallest absolute Gasteiger partial charge is 0.260 e. The Balaban J connectivity index is 1.13. The van der Waals surface area contributed by atoms with Gasteiger partial charge in [-0.05, 0) is 75.2 Å². The van der Waals surface area contributed by atoms with Crippen LogP contribution in [-0.4, -0.2) is 77.9 Å². The summed E-state index contributed by atoms with van der Waals surface area (Å²) in [5, 5.41) is 3.25. The van der Waals surface area contributed by atoms with Crippen molar-refractivity contribution < 1.29 is 9.59 Å². The molecule has 6 rings (SSSR count). The second-order valence-electron chi connectivity index (χ2n) is 10.7. The zero-order valence-corrected chi connectivity index (χ0v) is 22.6. The van der Waals surface area contributed by atoms with Gasteiger partial charge in [0.05, 0.1) is 17.4 Å². The van der Waals surface area contributed by atoms with Gasteiger partial charge in [-0.25, -0.2) is 4.98 Å². The lowest BCUT2D eigenvalue weighted by molar-refractivity contribution is 0.0590. The number of hydrogen-bond acceptors (Lipinski definition) is 7.